The quantitative estimate of drug-likeness (QED) is 0.658. The highest BCUT2D eigenvalue weighted by molar-refractivity contribution is 5.80. The highest BCUT2D eigenvalue weighted by atomic mass is 15.2. The van der Waals surface area contributed by atoms with Crippen molar-refractivity contribution in [1.29, 1.82) is 0 Å². The molecule has 3 heteroatoms. The lowest BCUT2D eigenvalue weighted by atomic mass is 9.79. The maximum atomic E-state index is 4.31. The average molecular weight is 285 g/mol. The Kier molecular flexibility index (Phi) is 4.79. The van der Waals surface area contributed by atoms with Gasteiger partial charge in [-0.2, -0.15) is 0 Å². The zero-order chi connectivity index (χ0) is 14.5. The van der Waals surface area contributed by atoms with Crippen LogP contribution in [0.25, 0.3) is 0 Å². The third kappa shape index (κ3) is 4.23. The van der Waals surface area contributed by atoms with Crippen LogP contribution in [0.4, 0.5) is 0 Å². The molecule has 0 aliphatic heterocycles. The molecular formula is C18H27N3. The first-order valence-corrected chi connectivity index (χ1v) is 8.37. The predicted octanol–water partition coefficient (Wildman–Crippen LogP) is 3.29. The van der Waals surface area contributed by atoms with Gasteiger partial charge in [0, 0.05) is 19.6 Å². The van der Waals surface area contributed by atoms with Crippen molar-refractivity contribution in [2.75, 3.05) is 13.6 Å². The van der Waals surface area contributed by atoms with Crippen LogP contribution in [0.1, 0.15) is 50.0 Å². The Morgan fingerprint density at radius 3 is 2.38 bits per heavy atom. The summed E-state index contributed by atoms with van der Waals surface area (Å²) in [6.45, 7) is 1.06. The van der Waals surface area contributed by atoms with Crippen molar-refractivity contribution in [3.63, 3.8) is 0 Å². The molecule has 0 radical (unpaired) electrons. The molecule has 0 amide bonds. The van der Waals surface area contributed by atoms with Gasteiger partial charge in [0.2, 0.25) is 0 Å². The number of hydrogen-bond donors (Lipinski definition) is 2. The number of hydrogen-bond acceptors (Lipinski definition) is 1. The van der Waals surface area contributed by atoms with Crippen LogP contribution in [0.2, 0.25) is 0 Å². The number of rotatable bonds is 4. The summed E-state index contributed by atoms with van der Waals surface area (Å²) in [7, 11) is 1.87. The van der Waals surface area contributed by atoms with Gasteiger partial charge in [-0.15, -0.1) is 0 Å². The molecular weight excluding hydrogens is 258 g/mol. The van der Waals surface area contributed by atoms with Crippen LogP contribution in [0.15, 0.2) is 35.3 Å². The van der Waals surface area contributed by atoms with Gasteiger partial charge in [-0.25, -0.2) is 0 Å². The molecule has 3 nitrogen and oxygen atoms in total. The van der Waals surface area contributed by atoms with E-state index in [0.717, 1.165) is 24.3 Å². The van der Waals surface area contributed by atoms with Crippen molar-refractivity contribution in [2.24, 2.45) is 10.9 Å². The number of nitrogens with zero attached hydrogens (tertiary/aromatic N) is 1. The van der Waals surface area contributed by atoms with E-state index in [0.29, 0.717) is 6.04 Å². The monoisotopic (exact) mass is 285 g/mol. The topological polar surface area (TPSA) is 36.4 Å². The molecule has 2 aliphatic rings. The Balaban J connectivity index is 1.41. The largest absolute Gasteiger partial charge is 0.356 e. The first-order chi connectivity index (χ1) is 10.3. The fraction of sp³-hybridized carbons (Fsp3) is 0.611. The van der Waals surface area contributed by atoms with Crippen molar-refractivity contribution in [3.05, 3.63) is 35.9 Å². The van der Waals surface area contributed by atoms with Crippen LogP contribution in [-0.2, 0) is 0 Å². The maximum Gasteiger partial charge on any atom is 0.191 e. The first kappa shape index (κ1) is 14.4. The molecule has 1 aromatic carbocycles. The Morgan fingerprint density at radius 2 is 1.76 bits per heavy atom. The predicted molar refractivity (Wildman–Crippen MR) is 88.7 cm³/mol. The van der Waals surface area contributed by atoms with E-state index in [1.165, 1.54) is 44.1 Å². The standard InChI is InChI=1S/C18H27N3/c1-19-18(21-17-11-12-17)20-13-14-7-9-16(10-8-14)15-5-3-2-4-6-15/h2-6,14,16-17H,7-13H2,1H3,(H2,19,20,21). The Bertz CT molecular complexity index is 457. The van der Waals surface area contributed by atoms with Gasteiger partial charge >= 0.3 is 0 Å². The highest BCUT2D eigenvalue weighted by Crippen LogP contribution is 2.35. The van der Waals surface area contributed by atoms with Gasteiger partial charge in [0.25, 0.3) is 0 Å². The third-order valence-electron chi connectivity index (χ3n) is 4.82. The Hall–Kier alpha value is -1.51. The molecule has 0 unspecified atom stereocenters. The van der Waals surface area contributed by atoms with Gasteiger partial charge in [-0.3, -0.25) is 4.99 Å². The van der Waals surface area contributed by atoms with E-state index in [2.05, 4.69) is 46.0 Å². The summed E-state index contributed by atoms with van der Waals surface area (Å²) >= 11 is 0. The second-order valence-electron chi connectivity index (χ2n) is 6.50. The molecule has 2 N–H and O–H groups in total. The van der Waals surface area contributed by atoms with Crippen LogP contribution in [0, 0.1) is 5.92 Å². The zero-order valence-electron chi connectivity index (χ0n) is 13.0. The second-order valence-corrected chi connectivity index (χ2v) is 6.50. The van der Waals surface area contributed by atoms with Gasteiger partial charge < -0.3 is 10.6 Å². The van der Waals surface area contributed by atoms with E-state index in [-0.39, 0.29) is 0 Å². The second kappa shape index (κ2) is 6.97. The highest BCUT2D eigenvalue weighted by Gasteiger charge is 2.24. The van der Waals surface area contributed by atoms with Gasteiger partial charge in [0.05, 0.1) is 0 Å². The molecule has 1 aromatic rings. The lowest BCUT2D eigenvalue weighted by Gasteiger charge is -2.29. The molecule has 0 heterocycles. The van der Waals surface area contributed by atoms with E-state index in [1.54, 1.807) is 0 Å². The number of aliphatic imine (C=N–C) groups is 1. The summed E-state index contributed by atoms with van der Waals surface area (Å²) in [5, 5.41) is 6.96. The van der Waals surface area contributed by atoms with Crippen LogP contribution >= 0.6 is 0 Å². The third-order valence-corrected chi connectivity index (χ3v) is 4.82. The molecule has 2 saturated carbocycles. The lowest BCUT2D eigenvalue weighted by Crippen LogP contribution is -2.41. The van der Waals surface area contributed by atoms with Crippen molar-refractivity contribution in [1.82, 2.24) is 10.6 Å². The fourth-order valence-corrected chi connectivity index (χ4v) is 3.28. The molecule has 0 atom stereocenters. The fourth-order valence-electron chi connectivity index (χ4n) is 3.28. The van der Waals surface area contributed by atoms with E-state index in [9.17, 15) is 0 Å². The molecule has 2 fully saturated rings. The van der Waals surface area contributed by atoms with E-state index >= 15 is 0 Å². The van der Waals surface area contributed by atoms with Crippen LogP contribution < -0.4 is 10.6 Å². The van der Waals surface area contributed by atoms with E-state index in [4.69, 9.17) is 0 Å². The van der Waals surface area contributed by atoms with Gasteiger partial charge in [-0.05, 0) is 55.9 Å². The van der Waals surface area contributed by atoms with E-state index in [1.807, 2.05) is 7.05 Å². The molecule has 0 aromatic heterocycles. The van der Waals surface area contributed by atoms with Crippen LogP contribution in [0.5, 0.6) is 0 Å². The SMILES string of the molecule is CN=C(NCC1CCC(c2ccccc2)CC1)NC1CC1. The molecule has 0 saturated heterocycles. The summed E-state index contributed by atoms with van der Waals surface area (Å²) in [5.41, 5.74) is 1.52. The zero-order valence-corrected chi connectivity index (χ0v) is 13.0. The molecule has 0 bridgehead atoms. The number of benzene rings is 1. The van der Waals surface area contributed by atoms with Gasteiger partial charge in [0.15, 0.2) is 5.96 Å². The van der Waals surface area contributed by atoms with Gasteiger partial charge in [0.1, 0.15) is 0 Å². The molecule has 3 rings (SSSR count). The van der Waals surface area contributed by atoms with Crippen molar-refractivity contribution < 1.29 is 0 Å². The minimum atomic E-state index is 0.671. The molecule has 2 aliphatic carbocycles. The first-order valence-electron chi connectivity index (χ1n) is 8.37. The maximum absolute atomic E-state index is 4.31. The van der Waals surface area contributed by atoms with Crippen molar-refractivity contribution >= 4 is 5.96 Å². The minimum Gasteiger partial charge on any atom is -0.356 e. The summed E-state index contributed by atoms with van der Waals surface area (Å²) in [5.74, 6) is 2.55. The van der Waals surface area contributed by atoms with Crippen LogP contribution in [-0.4, -0.2) is 25.6 Å². The Labute approximate surface area is 128 Å². The smallest absolute Gasteiger partial charge is 0.191 e. The number of guanidine groups is 1. The van der Waals surface area contributed by atoms with Gasteiger partial charge in [-0.1, -0.05) is 30.3 Å². The summed E-state index contributed by atoms with van der Waals surface area (Å²) < 4.78 is 0. The molecule has 21 heavy (non-hydrogen) atoms. The summed E-state index contributed by atoms with van der Waals surface area (Å²) in [4.78, 5) is 4.31. The van der Waals surface area contributed by atoms with E-state index < -0.39 is 0 Å². The normalized spacial score (nSPS) is 26.4. The Morgan fingerprint density at radius 1 is 1.05 bits per heavy atom. The average Bonchev–Trinajstić information content (AvgIpc) is 3.37. The summed E-state index contributed by atoms with van der Waals surface area (Å²) in [6.07, 6.45) is 7.89. The minimum absolute atomic E-state index is 0.671. The van der Waals surface area contributed by atoms with Crippen LogP contribution in [0.3, 0.4) is 0 Å². The molecule has 114 valence electrons. The summed E-state index contributed by atoms with van der Waals surface area (Å²) in [6, 6.07) is 11.7. The van der Waals surface area contributed by atoms with Crippen molar-refractivity contribution in [3.8, 4) is 0 Å². The lowest BCUT2D eigenvalue weighted by molar-refractivity contribution is 0.324. The molecule has 0 spiro atoms. The number of nitrogens with one attached hydrogen (secondary N) is 2. The van der Waals surface area contributed by atoms with Crippen molar-refractivity contribution in [2.45, 2.75) is 50.5 Å².